The van der Waals surface area contributed by atoms with Gasteiger partial charge < -0.3 is 31.9 Å². The molecule has 3 aliphatic rings. The summed E-state index contributed by atoms with van der Waals surface area (Å²) in [6, 6.07) is 1.81. The fourth-order valence-corrected chi connectivity index (χ4v) is 6.11. The summed E-state index contributed by atoms with van der Waals surface area (Å²) in [6.45, 7) is 40.4. The van der Waals surface area contributed by atoms with Gasteiger partial charge in [-0.2, -0.15) is 0 Å². The van der Waals surface area contributed by atoms with Gasteiger partial charge in [-0.1, -0.05) is 41.0 Å². The number of carbonyl (C=O) groups is 2. The summed E-state index contributed by atoms with van der Waals surface area (Å²) in [4.78, 5) is 29.0. The maximum atomic E-state index is 12.3. The van der Waals surface area contributed by atoms with Crippen molar-refractivity contribution in [3.05, 3.63) is 0 Å². The van der Waals surface area contributed by atoms with Gasteiger partial charge in [0.05, 0.1) is 6.04 Å². The summed E-state index contributed by atoms with van der Waals surface area (Å²) in [7, 11) is 0. The minimum absolute atomic E-state index is 0.0523. The monoisotopic (exact) mass is 697 g/mol. The molecule has 0 spiro atoms. The highest BCUT2D eigenvalue weighted by Gasteiger charge is 2.39. The molecule has 292 valence electrons. The molecule has 0 bridgehead atoms. The van der Waals surface area contributed by atoms with E-state index in [1.807, 2.05) is 27.7 Å². The lowest BCUT2D eigenvalue weighted by atomic mass is 9.86. The van der Waals surface area contributed by atoms with Crippen LogP contribution < -0.4 is 31.9 Å². The topological polar surface area (TPSA) is 113 Å². The van der Waals surface area contributed by atoms with E-state index in [9.17, 15) is 9.59 Å². The summed E-state index contributed by atoms with van der Waals surface area (Å²) in [5, 5.41) is 19.5. The first-order valence-electron chi connectivity index (χ1n) is 19.8. The molecule has 0 aromatic carbocycles. The first-order valence-corrected chi connectivity index (χ1v) is 19.8. The van der Waals surface area contributed by atoms with Crippen LogP contribution in [-0.4, -0.2) is 121 Å². The molecule has 0 aromatic heterocycles. The van der Waals surface area contributed by atoms with Crippen LogP contribution in [0.4, 0.5) is 0 Å². The Balaban J connectivity index is 0.000000668. The SMILES string of the molecule is CC(C)C.CC(C)NC(=O)C1(NC(C)C)CCNCC1.CC(C)NC(=O)C1CN(C(C)C)CCN1.CC(C)NCC(C)(C)N1CCCCC1. The largest absolute Gasteiger partial charge is 0.353 e. The number of carbonyl (C=O) groups excluding carboxylic acids is 2. The number of likely N-dealkylation sites (tertiary alicyclic amines) is 1. The Morgan fingerprint density at radius 2 is 1.27 bits per heavy atom. The van der Waals surface area contributed by atoms with Crippen molar-refractivity contribution < 1.29 is 9.59 Å². The molecule has 3 aliphatic heterocycles. The molecule has 0 saturated carbocycles. The number of piperidine rings is 2. The van der Waals surface area contributed by atoms with Gasteiger partial charge in [0.25, 0.3) is 0 Å². The Kier molecular flexibility index (Phi) is 24.2. The fraction of sp³-hybridized carbons (Fsp3) is 0.949. The molecule has 1 atom stereocenters. The van der Waals surface area contributed by atoms with Gasteiger partial charge in [-0.3, -0.25) is 19.4 Å². The molecule has 0 radical (unpaired) electrons. The number of hydrogen-bond acceptors (Lipinski definition) is 8. The molecular weight excluding hydrogens is 612 g/mol. The number of hydrogen-bond donors (Lipinski definition) is 6. The highest BCUT2D eigenvalue weighted by Crippen LogP contribution is 2.21. The number of amides is 2. The fourth-order valence-electron chi connectivity index (χ4n) is 6.11. The van der Waals surface area contributed by atoms with E-state index in [1.54, 1.807) is 0 Å². The summed E-state index contributed by atoms with van der Waals surface area (Å²) >= 11 is 0. The molecule has 49 heavy (non-hydrogen) atoms. The Hall–Kier alpha value is -1.30. The van der Waals surface area contributed by atoms with E-state index in [4.69, 9.17) is 0 Å². The lowest BCUT2D eigenvalue weighted by Crippen LogP contribution is -2.63. The van der Waals surface area contributed by atoms with Gasteiger partial charge in [0.2, 0.25) is 11.8 Å². The molecular formula is C39H84N8O2. The number of nitrogens with one attached hydrogen (secondary N) is 6. The van der Waals surface area contributed by atoms with Crippen molar-refractivity contribution in [2.75, 3.05) is 52.4 Å². The summed E-state index contributed by atoms with van der Waals surface area (Å²) in [6.07, 6.45) is 5.91. The first-order chi connectivity index (χ1) is 22.7. The highest BCUT2D eigenvalue weighted by molar-refractivity contribution is 5.86. The smallest absolute Gasteiger partial charge is 0.240 e. The van der Waals surface area contributed by atoms with Crippen molar-refractivity contribution in [3.63, 3.8) is 0 Å². The first kappa shape index (κ1) is 47.7. The second kappa shape index (κ2) is 24.8. The number of piperazine rings is 1. The number of nitrogens with zero attached hydrogens (tertiary/aromatic N) is 2. The van der Waals surface area contributed by atoms with Crippen molar-refractivity contribution in [2.24, 2.45) is 5.92 Å². The lowest BCUT2D eigenvalue weighted by molar-refractivity contribution is -0.129. The van der Waals surface area contributed by atoms with Crippen LogP contribution in [0.15, 0.2) is 0 Å². The minimum Gasteiger partial charge on any atom is -0.353 e. The zero-order valence-electron chi connectivity index (χ0n) is 34.9. The standard InChI is InChI=1S/C12H25N3O.C12H26N2.C11H23N3O.C4H10/c1-9(2)14-11(16)12(15-10(3)4)5-7-13-8-6-12;1-11(2)13-10-12(3,4)14-8-6-5-7-9-14;1-8(2)13-11(15)10-7-14(9(3)4)6-5-12-10;1-4(2)3/h9-10,13,15H,5-8H2,1-4H3,(H,14,16);11,13H,5-10H2,1-4H3;8-10,12H,5-7H2,1-4H3,(H,13,15);4H,1-3H3. The molecule has 3 saturated heterocycles. The van der Waals surface area contributed by atoms with Gasteiger partial charge in [0.1, 0.15) is 5.54 Å². The van der Waals surface area contributed by atoms with Gasteiger partial charge in [0.15, 0.2) is 0 Å². The van der Waals surface area contributed by atoms with E-state index in [-0.39, 0.29) is 35.5 Å². The van der Waals surface area contributed by atoms with Crippen LogP contribution in [0, 0.1) is 5.92 Å². The van der Waals surface area contributed by atoms with Crippen LogP contribution in [0.1, 0.15) is 136 Å². The highest BCUT2D eigenvalue weighted by atomic mass is 16.2. The van der Waals surface area contributed by atoms with Crippen molar-refractivity contribution in [2.45, 2.75) is 183 Å². The van der Waals surface area contributed by atoms with E-state index >= 15 is 0 Å². The van der Waals surface area contributed by atoms with Gasteiger partial charge in [-0.25, -0.2) is 0 Å². The molecule has 0 aliphatic carbocycles. The lowest BCUT2D eigenvalue weighted by Gasteiger charge is -2.41. The van der Waals surface area contributed by atoms with Gasteiger partial charge >= 0.3 is 0 Å². The van der Waals surface area contributed by atoms with E-state index in [0.717, 1.165) is 58.0 Å². The molecule has 2 amide bonds. The molecule has 0 aromatic rings. The van der Waals surface area contributed by atoms with Crippen LogP contribution in [0.25, 0.3) is 0 Å². The Bertz CT molecular complexity index is 860. The summed E-state index contributed by atoms with van der Waals surface area (Å²) < 4.78 is 0. The molecule has 10 nitrogen and oxygen atoms in total. The normalized spacial score (nSPS) is 20.3. The zero-order chi connectivity index (χ0) is 37.8. The predicted molar refractivity (Wildman–Crippen MR) is 211 cm³/mol. The molecule has 3 rings (SSSR count). The van der Waals surface area contributed by atoms with Crippen molar-refractivity contribution in [1.29, 1.82) is 0 Å². The van der Waals surface area contributed by atoms with Crippen LogP contribution in [0.2, 0.25) is 0 Å². The average molecular weight is 697 g/mol. The molecule has 3 fully saturated rings. The van der Waals surface area contributed by atoms with Crippen LogP contribution in [0.3, 0.4) is 0 Å². The Labute approximate surface area is 304 Å². The van der Waals surface area contributed by atoms with E-state index in [1.165, 1.54) is 32.4 Å². The van der Waals surface area contributed by atoms with Crippen molar-refractivity contribution in [1.82, 2.24) is 41.7 Å². The van der Waals surface area contributed by atoms with Crippen LogP contribution >= 0.6 is 0 Å². The van der Waals surface area contributed by atoms with Gasteiger partial charge in [-0.05, 0) is 127 Å². The summed E-state index contributed by atoms with van der Waals surface area (Å²) in [5.41, 5.74) is -0.0472. The van der Waals surface area contributed by atoms with E-state index in [0.29, 0.717) is 23.7 Å². The predicted octanol–water partition coefficient (Wildman–Crippen LogP) is 4.74. The van der Waals surface area contributed by atoms with Gasteiger partial charge in [-0.15, -0.1) is 0 Å². The van der Waals surface area contributed by atoms with Crippen molar-refractivity contribution in [3.8, 4) is 0 Å². The maximum Gasteiger partial charge on any atom is 0.240 e. The third-order valence-electron chi connectivity index (χ3n) is 8.72. The molecule has 3 heterocycles. The minimum atomic E-state index is -0.371. The quantitative estimate of drug-likeness (QED) is 0.184. The van der Waals surface area contributed by atoms with Crippen LogP contribution in [-0.2, 0) is 9.59 Å². The van der Waals surface area contributed by atoms with Crippen molar-refractivity contribution >= 4 is 11.8 Å². The molecule has 1 unspecified atom stereocenters. The van der Waals surface area contributed by atoms with E-state index in [2.05, 4.69) is 118 Å². The zero-order valence-corrected chi connectivity index (χ0v) is 34.9. The second-order valence-electron chi connectivity index (χ2n) is 17.1. The Morgan fingerprint density at radius 3 is 1.71 bits per heavy atom. The third-order valence-corrected chi connectivity index (χ3v) is 8.72. The summed E-state index contributed by atoms with van der Waals surface area (Å²) in [5.74, 6) is 1.10. The van der Waals surface area contributed by atoms with E-state index < -0.39 is 0 Å². The second-order valence-corrected chi connectivity index (χ2v) is 17.1. The third kappa shape index (κ3) is 21.6. The van der Waals surface area contributed by atoms with Gasteiger partial charge in [0, 0.05) is 61.9 Å². The average Bonchev–Trinajstić information content (AvgIpc) is 3.00. The van der Waals surface area contributed by atoms with Crippen LogP contribution in [0.5, 0.6) is 0 Å². The Morgan fingerprint density at radius 1 is 0.735 bits per heavy atom. The molecule has 6 N–H and O–H groups in total. The maximum absolute atomic E-state index is 12.3. The molecule has 10 heteroatoms. The number of rotatable bonds is 11.